The third kappa shape index (κ3) is 7.66. The van der Waals surface area contributed by atoms with Gasteiger partial charge in [-0.1, -0.05) is 56.2 Å². The molecule has 1 aliphatic rings. The number of hydrogen-bond acceptors (Lipinski definition) is 3. The van der Waals surface area contributed by atoms with E-state index in [1.165, 1.54) is 29.0 Å². The molecule has 1 fully saturated rings. The molecule has 2 N–H and O–H groups in total. The molecule has 1 aliphatic heterocycles. The second kappa shape index (κ2) is 12.9. The Labute approximate surface area is 211 Å². The van der Waals surface area contributed by atoms with E-state index in [0.717, 1.165) is 57.3 Å². The molecule has 1 amide bonds. The Bertz CT molecular complexity index is 958. The van der Waals surface area contributed by atoms with Crippen molar-refractivity contribution in [2.45, 2.75) is 71.9 Å². The van der Waals surface area contributed by atoms with E-state index < -0.39 is 6.04 Å². The van der Waals surface area contributed by atoms with Crippen molar-refractivity contribution in [2.75, 3.05) is 24.5 Å². The van der Waals surface area contributed by atoms with Crippen LogP contribution < -0.4 is 10.6 Å². The highest BCUT2D eigenvalue weighted by Gasteiger charge is 2.30. The highest BCUT2D eigenvalue weighted by Crippen LogP contribution is 2.26. The molecule has 0 radical (unpaired) electrons. The standard InChI is InChI=1S/C30H42FN3O/c1-5-23(4)29(32)30(35)33-19-17-28(18-20-33)34(21-16-22(2)3)27-14-10-25(11-15-27)7-6-24-8-12-26(31)13-9-24/h8-16,23,28-29H,5-7,17-21,32H2,1-4H3. The summed E-state index contributed by atoms with van der Waals surface area (Å²) >= 11 is 0. The minimum absolute atomic E-state index is 0.0964. The second-order valence-electron chi connectivity index (χ2n) is 10.2. The van der Waals surface area contributed by atoms with Crippen LogP contribution in [0.5, 0.6) is 0 Å². The van der Waals surface area contributed by atoms with Crippen molar-refractivity contribution in [3.8, 4) is 0 Å². The number of likely N-dealkylation sites (tertiary alicyclic amines) is 1. The van der Waals surface area contributed by atoms with Gasteiger partial charge in [0.25, 0.3) is 0 Å². The molecular weight excluding hydrogens is 437 g/mol. The number of nitrogens with zero attached hydrogens (tertiary/aromatic N) is 2. The molecular formula is C30H42FN3O. The van der Waals surface area contributed by atoms with Gasteiger partial charge in [-0.2, -0.15) is 0 Å². The van der Waals surface area contributed by atoms with E-state index >= 15 is 0 Å². The summed E-state index contributed by atoms with van der Waals surface area (Å²) in [6.07, 6.45) is 6.91. The van der Waals surface area contributed by atoms with Crippen LogP contribution in [0.25, 0.3) is 0 Å². The molecule has 3 rings (SSSR count). The molecule has 0 spiro atoms. The van der Waals surface area contributed by atoms with Gasteiger partial charge in [-0.3, -0.25) is 4.79 Å². The predicted octanol–water partition coefficient (Wildman–Crippen LogP) is 5.75. The maximum atomic E-state index is 13.1. The number of halogens is 1. The van der Waals surface area contributed by atoms with E-state index in [1.807, 2.05) is 17.0 Å². The molecule has 190 valence electrons. The number of piperidine rings is 1. The second-order valence-corrected chi connectivity index (χ2v) is 10.2. The Morgan fingerprint density at radius 2 is 1.60 bits per heavy atom. The van der Waals surface area contributed by atoms with Crippen molar-refractivity contribution < 1.29 is 9.18 Å². The van der Waals surface area contributed by atoms with Crippen molar-refractivity contribution in [3.63, 3.8) is 0 Å². The quantitative estimate of drug-likeness (QED) is 0.442. The maximum Gasteiger partial charge on any atom is 0.239 e. The molecule has 2 unspecified atom stereocenters. The van der Waals surface area contributed by atoms with E-state index in [2.05, 4.69) is 62.9 Å². The van der Waals surface area contributed by atoms with Crippen LogP contribution in [0.3, 0.4) is 0 Å². The summed E-state index contributed by atoms with van der Waals surface area (Å²) in [5.74, 6) is 0.109. The minimum Gasteiger partial charge on any atom is -0.365 e. The van der Waals surface area contributed by atoms with Crippen LogP contribution in [0.1, 0.15) is 58.1 Å². The Kier molecular flexibility index (Phi) is 9.91. The Hall–Kier alpha value is -2.66. The smallest absolute Gasteiger partial charge is 0.239 e. The van der Waals surface area contributed by atoms with Crippen molar-refractivity contribution in [1.29, 1.82) is 0 Å². The Morgan fingerprint density at radius 1 is 1.06 bits per heavy atom. The van der Waals surface area contributed by atoms with Crippen molar-refractivity contribution >= 4 is 11.6 Å². The first-order chi connectivity index (χ1) is 16.8. The molecule has 0 aliphatic carbocycles. The Morgan fingerprint density at radius 3 is 2.11 bits per heavy atom. The fourth-order valence-electron chi connectivity index (χ4n) is 4.65. The zero-order valence-electron chi connectivity index (χ0n) is 21.8. The van der Waals surface area contributed by atoms with Crippen LogP contribution in [-0.4, -0.2) is 42.5 Å². The lowest BCUT2D eigenvalue weighted by Gasteiger charge is -2.40. The number of anilines is 1. The van der Waals surface area contributed by atoms with Gasteiger partial charge in [0.1, 0.15) is 5.82 Å². The topological polar surface area (TPSA) is 49.6 Å². The summed E-state index contributed by atoms with van der Waals surface area (Å²) in [4.78, 5) is 17.3. The minimum atomic E-state index is -0.402. The van der Waals surface area contributed by atoms with E-state index in [4.69, 9.17) is 5.73 Å². The number of nitrogens with two attached hydrogens (primary N) is 1. The third-order valence-corrected chi connectivity index (χ3v) is 7.34. The first-order valence-corrected chi connectivity index (χ1v) is 13.1. The third-order valence-electron chi connectivity index (χ3n) is 7.34. The van der Waals surface area contributed by atoms with Gasteiger partial charge in [0.15, 0.2) is 0 Å². The lowest BCUT2D eigenvalue weighted by molar-refractivity contribution is -0.134. The molecule has 35 heavy (non-hydrogen) atoms. The molecule has 0 saturated carbocycles. The van der Waals surface area contributed by atoms with E-state index in [0.29, 0.717) is 6.04 Å². The molecule has 5 heteroatoms. The van der Waals surface area contributed by atoms with Gasteiger partial charge in [-0.05, 0) is 80.8 Å². The van der Waals surface area contributed by atoms with Crippen LogP contribution in [0.2, 0.25) is 0 Å². The number of amides is 1. The fourth-order valence-corrected chi connectivity index (χ4v) is 4.65. The lowest BCUT2D eigenvalue weighted by Crippen LogP contribution is -2.52. The first kappa shape index (κ1) is 26.9. The van der Waals surface area contributed by atoms with E-state index in [1.54, 1.807) is 0 Å². The van der Waals surface area contributed by atoms with E-state index in [9.17, 15) is 9.18 Å². The van der Waals surface area contributed by atoms with Gasteiger partial charge >= 0.3 is 0 Å². The van der Waals surface area contributed by atoms with Crippen LogP contribution in [0.15, 0.2) is 60.2 Å². The highest BCUT2D eigenvalue weighted by molar-refractivity contribution is 5.82. The van der Waals surface area contributed by atoms with Crippen LogP contribution >= 0.6 is 0 Å². The zero-order valence-corrected chi connectivity index (χ0v) is 21.8. The number of rotatable bonds is 10. The van der Waals surface area contributed by atoms with Crippen molar-refractivity contribution in [3.05, 3.63) is 77.1 Å². The SMILES string of the molecule is CCC(C)C(N)C(=O)N1CCC(N(CC=C(C)C)c2ccc(CCc3ccc(F)cc3)cc2)CC1. The number of allylic oxidation sites excluding steroid dienone is 1. The average molecular weight is 480 g/mol. The predicted molar refractivity (Wildman–Crippen MR) is 144 cm³/mol. The number of carbonyl (C=O) groups is 1. The maximum absolute atomic E-state index is 13.1. The number of hydrogen-bond donors (Lipinski definition) is 1. The average Bonchev–Trinajstić information content (AvgIpc) is 2.88. The summed E-state index contributed by atoms with van der Waals surface area (Å²) in [6.45, 7) is 10.8. The number of benzene rings is 2. The Balaban J connectivity index is 1.64. The summed E-state index contributed by atoms with van der Waals surface area (Å²) in [6, 6.07) is 15.6. The van der Waals surface area contributed by atoms with Gasteiger partial charge in [0, 0.05) is 31.4 Å². The number of aryl methyl sites for hydroxylation is 2. The molecule has 0 bridgehead atoms. The van der Waals surface area contributed by atoms with Gasteiger partial charge in [-0.25, -0.2) is 4.39 Å². The summed E-state index contributed by atoms with van der Waals surface area (Å²) in [7, 11) is 0. The van der Waals surface area contributed by atoms with Crippen molar-refractivity contribution in [2.24, 2.45) is 11.7 Å². The van der Waals surface area contributed by atoms with Crippen LogP contribution in [0.4, 0.5) is 10.1 Å². The molecule has 4 nitrogen and oxygen atoms in total. The summed E-state index contributed by atoms with van der Waals surface area (Å²) in [5, 5.41) is 0. The van der Waals surface area contributed by atoms with Gasteiger partial charge in [0.2, 0.25) is 5.91 Å². The van der Waals surface area contributed by atoms with Gasteiger partial charge in [0.05, 0.1) is 6.04 Å². The van der Waals surface area contributed by atoms with Crippen LogP contribution in [-0.2, 0) is 17.6 Å². The monoisotopic (exact) mass is 479 g/mol. The van der Waals surface area contributed by atoms with Crippen LogP contribution in [0, 0.1) is 11.7 Å². The number of carbonyl (C=O) groups excluding carboxylic acids is 1. The summed E-state index contributed by atoms with van der Waals surface area (Å²) < 4.78 is 13.1. The van der Waals surface area contributed by atoms with Crippen molar-refractivity contribution in [1.82, 2.24) is 4.90 Å². The highest BCUT2D eigenvalue weighted by atomic mass is 19.1. The molecule has 2 atom stereocenters. The van der Waals surface area contributed by atoms with E-state index in [-0.39, 0.29) is 17.6 Å². The van der Waals surface area contributed by atoms with Gasteiger partial charge < -0.3 is 15.5 Å². The molecule has 2 aromatic rings. The molecule has 1 saturated heterocycles. The first-order valence-electron chi connectivity index (χ1n) is 13.1. The fraction of sp³-hybridized carbons (Fsp3) is 0.500. The molecule has 0 aromatic heterocycles. The lowest BCUT2D eigenvalue weighted by atomic mass is 9.96. The summed E-state index contributed by atoms with van der Waals surface area (Å²) in [5.41, 5.74) is 11.2. The largest absolute Gasteiger partial charge is 0.365 e. The molecule has 2 aromatic carbocycles. The van der Waals surface area contributed by atoms with Gasteiger partial charge in [-0.15, -0.1) is 0 Å². The zero-order chi connectivity index (χ0) is 25.4. The normalized spacial score (nSPS) is 16.0. The molecule has 1 heterocycles.